The van der Waals surface area contributed by atoms with Crippen molar-refractivity contribution in [2.45, 2.75) is 30.7 Å². The molecule has 1 atom stereocenters. The third kappa shape index (κ3) is 2.69. The molecule has 2 aromatic carbocycles. The highest BCUT2D eigenvalue weighted by Gasteiger charge is 2.35. The lowest BCUT2D eigenvalue weighted by atomic mass is 9.99. The minimum atomic E-state index is -4.29. The minimum absolute atomic E-state index is 0.300. The van der Waals surface area contributed by atoms with E-state index in [2.05, 4.69) is 0 Å². The van der Waals surface area contributed by atoms with Crippen LogP contribution in [0, 0.1) is 17.5 Å². The zero-order valence-corrected chi connectivity index (χ0v) is 13.1. The summed E-state index contributed by atoms with van der Waals surface area (Å²) in [6.45, 7) is 1.68. The van der Waals surface area contributed by atoms with Crippen molar-refractivity contribution in [2.24, 2.45) is 0 Å². The molecule has 0 N–H and O–H groups in total. The Balaban J connectivity index is 2.19. The summed E-state index contributed by atoms with van der Waals surface area (Å²) in [6, 6.07) is 5.64. The lowest BCUT2D eigenvalue weighted by molar-refractivity contribution is 0.537. The maximum atomic E-state index is 14.0. The van der Waals surface area contributed by atoms with Gasteiger partial charge in [-0.15, -0.1) is 0 Å². The van der Waals surface area contributed by atoms with Gasteiger partial charge >= 0.3 is 0 Å². The Morgan fingerprint density at radius 3 is 2.43 bits per heavy atom. The first-order valence-electron chi connectivity index (χ1n) is 7.08. The van der Waals surface area contributed by atoms with E-state index in [1.807, 2.05) is 0 Å². The van der Waals surface area contributed by atoms with Gasteiger partial charge in [-0.1, -0.05) is 0 Å². The number of aryl methyl sites for hydroxylation is 1. The molecular formula is C16H14F3NO2S. The van der Waals surface area contributed by atoms with Crippen LogP contribution in [0.5, 0.6) is 0 Å². The molecule has 122 valence electrons. The van der Waals surface area contributed by atoms with Crippen LogP contribution >= 0.6 is 0 Å². The van der Waals surface area contributed by atoms with E-state index >= 15 is 0 Å². The second kappa shape index (κ2) is 5.56. The van der Waals surface area contributed by atoms with Crippen molar-refractivity contribution in [1.82, 2.24) is 0 Å². The normalized spacial score (nSPS) is 17.9. The van der Waals surface area contributed by atoms with Crippen LogP contribution in [-0.4, -0.2) is 14.5 Å². The van der Waals surface area contributed by atoms with Gasteiger partial charge in [0.2, 0.25) is 0 Å². The molecule has 1 heterocycles. The van der Waals surface area contributed by atoms with Crippen LogP contribution in [0.25, 0.3) is 0 Å². The summed E-state index contributed by atoms with van der Waals surface area (Å²) in [7, 11) is -4.29. The van der Waals surface area contributed by atoms with Gasteiger partial charge in [-0.25, -0.2) is 21.6 Å². The molecule has 0 aliphatic carbocycles. The standard InChI is InChI=1S/C16H14F3NO2S/c1-10-2-3-11-8-12(17)5-7-15(11)20(10)23(21,22)16-9-13(18)4-6-14(16)19/h4-10H,2-3H2,1H3. The van der Waals surface area contributed by atoms with Crippen molar-refractivity contribution in [3.8, 4) is 0 Å². The van der Waals surface area contributed by atoms with Gasteiger partial charge in [0, 0.05) is 6.04 Å². The molecule has 0 radical (unpaired) electrons. The predicted molar refractivity (Wildman–Crippen MR) is 80.2 cm³/mol. The average Bonchev–Trinajstić information content (AvgIpc) is 2.49. The molecule has 0 aromatic heterocycles. The first kappa shape index (κ1) is 15.9. The molecule has 3 rings (SSSR count). The molecule has 0 saturated carbocycles. The Kier molecular flexibility index (Phi) is 3.83. The van der Waals surface area contributed by atoms with Gasteiger partial charge in [0.15, 0.2) is 0 Å². The Hall–Kier alpha value is -2.02. The van der Waals surface area contributed by atoms with Crippen molar-refractivity contribution in [1.29, 1.82) is 0 Å². The maximum absolute atomic E-state index is 14.0. The van der Waals surface area contributed by atoms with E-state index in [-0.39, 0.29) is 0 Å². The summed E-state index contributed by atoms with van der Waals surface area (Å²) in [5, 5.41) is 0. The lowest BCUT2D eigenvalue weighted by Gasteiger charge is -2.36. The molecule has 0 fully saturated rings. The highest BCUT2D eigenvalue weighted by molar-refractivity contribution is 7.92. The zero-order valence-electron chi connectivity index (χ0n) is 12.3. The van der Waals surface area contributed by atoms with Gasteiger partial charge in [-0.05, 0) is 61.7 Å². The SMILES string of the molecule is CC1CCc2cc(F)ccc2N1S(=O)(=O)c1cc(F)ccc1F. The quantitative estimate of drug-likeness (QED) is 0.836. The number of nitrogens with zero attached hydrogens (tertiary/aromatic N) is 1. The molecule has 3 nitrogen and oxygen atoms in total. The molecule has 0 amide bonds. The molecule has 1 aliphatic heterocycles. The average molecular weight is 341 g/mol. The third-order valence-electron chi connectivity index (χ3n) is 3.94. The van der Waals surface area contributed by atoms with Crippen LogP contribution in [0.1, 0.15) is 18.9 Å². The van der Waals surface area contributed by atoms with Gasteiger partial charge in [0.05, 0.1) is 5.69 Å². The van der Waals surface area contributed by atoms with Crippen molar-refractivity contribution >= 4 is 15.7 Å². The smallest absolute Gasteiger partial charge is 0.263 e. The molecule has 2 aromatic rings. The van der Waals surface area contributed by atoms with Crippen LogP contribution in [-0.2, 0) is 16.4 Å². The fourth-order valence-electron chi connectivity index (χ4n) is 2.84. The van der Waals surface area contributed by atoms with Crippen LogP contribution in [0.2, 0.25) is 0 Å². The van der Waals surface area contributed by atoms with Crippen molar-refractivity contribution in [2.75, 3.05) is 4.31 Å². The minimum Gasteiger partial charge on any atom is -0.263 e. The Morgan fingerprint density at radius 1 is 1.04 bits per heavy atom. The number of benzene rings is 2. The van der Waals surface area contributed by atoms with E-state index in [0.29, 0.717) is 30.2 Å². The molecule has 0 bridgehead atoms. The van der Waals surface area contributed by atoms with Crippen LogP contribution in [0.3, 0.4) is 0 Å². The lowest BCUT2D eigenvalue weighted by Crippen LogP contribution is -2.42. The number of rotatable bonds is 2. The monoisotopic (exact) mass is 341 g/mol. The summed E-state index contributed by atoms with van der Waals surface area (Å²) >= 11 is 0. The summed E-state index contributed by atoms with van der Waals surface area (Å²) < 4.78 is 67.5. The Morgan fingerprint density at radius 2 is 1.70 bits per heavy atom. The molecule has 1 unspecified atom stereocenters. The molecule has 7 heteroatoms. The highest BCUT2D eigenvalue weighted by atomic mass is 32.2. The van der Waals surface area contributed by atoms with E-state index in [1.54, 1.807) is 6.92 Å². The fraction of sp³-hybridized carbons (Fsp3) is 0.250. The van der Waals surface area contributed by atoms with Crippen molar-refractivity contribution < 1.29 is 21.6 Å². The number of hydrogen-bond acceptors (Lipinski definition) is 2. The van der Waals surface area contributed by atoms with Crippen LogP contribution in [0.4, 0.5) is 18.9 Å². The summed E-state index contributed by atoms with van der Waals surface area (Å²) in [5.74, 6) is -2.32. The zero-order chi connectivity index (χ0) is 16.8. The van der Waals surface area contributed by atoms with Gasteiger partial charge in [-0.3, -0.25) is 4.31 Å². The van der Waals surface area contributed by atoms with E-state index in [4.69, 9.17) is 0 Å². The molecule has 0 saturated heterocycles. The predicted octanol–water partition coefficient (Wildman–Crippen LogP) is 3.63. The van der Waals surface area contributed by atoms with Crippen LogP contribution < -0.4 is 4.31 Å². The van der Waals surface area contributed by atoms with Gasteiger partial charge in [-0.2, -0.15) is 0 Å². The number of fused-ring (bicyclic) bond motifs is 1. The Labute approximate surface area is 132 Å². The summed E-state index contributed by atoms with van der Waals surface area (Å²) in [4.78, 5) is -0.721. The van der Waals surface area contributed by atoms with E-state index in [9.17, 15) is 21.6 Å². The van der Waals surface area contributed by atoms with Gasteiger partial charge in [0.25, 0.3) is 10.0 Å². The topological polar surface area (TPSA) is 37.4 Å². The van der Waals surface area contributed by atoms with Gasteiger partial charge in [0.1, 0.15) is 22.3 Å². The second-order valence-electron chi connectivity index (χ2n) is 5.54. The van der Waals surface area contributed by atoms with Crippen molar-refractivity contribution in [3.63, 3.8) is 0 Å². The number of sulfonamides is 1. The number of hydrogen-bond donors (Lipinski definition) is 0. The van der Waals surface area contributed by atoms with E-state index in [1.165, 1.54) is 12.1 Å². The second-order valence-corrected chi connectivity index (χ2v) is 7.32. The molecule has 1 aliphatic rings. The Bertz CT molecular complexity index is 868. The largest absolute Gasteiger partial charge is 0.267 e. The van der Waals surface area contributed by atoms with E-state index < -0.39 is 38.4 Å². The number of anilines is 1. The summed E-state index contributed by atoms with van der Waals surface area (Å²) in [5.41, 5.74) is 0.831. The fourth-order valence-corrected chi connectivity index (χ4v) is 4.64. The van der Waals surface area contributed by atoms with Crippen LogP contribution in [0.15, 0.2) is 41.3 Å². The molecule has 23 heavy (non-hydrogen) atoms. The third-order valence-corrected chi connectivity index (χ3v) is 5.88. The first-order valence-corrected chi connectivity index (χ1v) is 8.52. The summed E-state index contributed by atoms with van der Waals surface area (Å²) in [6.07, 6.45) is 0.985. The molecule has 0 spiro atoms. The molecular weight excluding hydrogens is 327 g/mol. The first-order chi connectivity index (χ1) is 10.8. The highest BCUT2D eigenvalue weighted by Crippen LogP contribution is 2.36. The van der Waals surface area contributed by atoms with Crippen molar-refractivity contribution in [3.05, 3.63) is 59.4 Å². The van der Waals surface area contributed by atoms with E-state index in [0.717, 1.165) is 22.5 Å². The number of halogens is 3. The maximum Gasteiger partial charge on any atom is 0.267 e. The van der Waals surface area contributed by atoms with Gasteiger partial charge < -0.3 is 0 Å².